The number of aliphatic hydroxyl groups excluding tert-OH is 1. The highest BCUT2D eigenvalue weighted by molar-refractivity contribution is 5.79. The molecule has 5 unspecified atom stereocenters. The molecular formula is C39H70N4O10. The van der Waals surface area contributed by atoms with Crippen molar-refractivity contribution in [3.05, 3.63) is 0 Å². The fourth-order valence-electron chi connectivity index (χ4n) is 10.6. The van der Waals surface area contributed by atoms with Gasteiger partial charge in [-0.05, 0) is 136 Å². The summed E-state index contributed by atoms with van der Waals surface area (Å²) >= 11 is 0. The van der Waals surface area contributed by atoms with Gasteiger partial charge < -0.3 is 39.6 Å². The number of carbonyl (C=O) groups excluding carboxylic acids is 3. The first-order valence-electron chi connectivity index (χ1n) is 19.0. The molecule has 4 heterocycles. The number of hydrogen-bond acceptors (Lipinski definition) is 14. The normalized spacial score (nSPS) is 33.6. The quantitative estimate of drug-likeness (QED) is 0.196. The highest BCUT2D eigenvalue weighted by Gasteiger charge is 2.63. The minimum Gasteiger partial charge on any atom is -0.367 e. The van der Waals surface area contributed by atoms with Gasteiger partial charge in [-0.1, -0.05) is 0 Å². The van der Waals surface area contributed by atoms with E-state index in [1.807, 2.05) is 111 Å². The summed E-state index contributed by atoms with van der Waals surface area (Å²) in [5.74, 6) is -5.57. The molecule has 0 aromatic heterocycles. The highest BCUT2D eigenvalue weighted by atomic mass is 17.0. The lowest BCUT2D eigenvalue weighted by Gasteiger charge is -2.41. The zero-order valence-electron chi connectivity index (χ0n) is 35.7. The van der Waals surface area contributed by atoms with E-state index in [4.69, 9.17) is 28.6 Å². The smallest absolute Gasteiger partial charge is 0.367 e. The van der Waals surface area contributed by atoms with Crippen molar-refractivity contribution in [2.45, 2.75) is 193 Å². The van der Waals surface area contributed by atoms with E-state index in [9.17, 15) is 19.5 Å². The summed E-state index contributed by atoms with van der Waals surface area (Å²) < 4.78 is 24.8. The van der Waals surface area contributed by atoms with Crippen LogP contribution in [0.15, 0.2) is 0 Å². The van der Waals surface area contributed by atoms with Crippen LogP contribution in [0, 0.1) is 23.7 Å². The van der Waals surface area contributed by atoms with Crippen LogP contribution in [0.25, 0.3) is 0 Å². The maximum atomic E-state index is 14.6. The van der Waals surface area contributed by atoms with Crippen LogP contribution in [0.3, 0.4) is 0 Å². The number of ether oxygens (including phenoxy) is 4. The Kier molecular flexibility index (Phi) is 11.3. The highest BCUT2D eigenvalue weighted by Crippen LogP contribution is 2.50. The summed E-state index contributed by atoms with van der Waals surface area (Å²) in [6.07, 6.45) is -3.47. The molecule has 0 radical (unpaired) electrons. The van der Waals surface area contributed by atoms with Gasteiger partial charge >= 0.3 is 24.1 Å². The van der Waals surface area contributed by atoms with Gasteiger partial charge in [-0.25, -0.2) is 4.74 Å². The van der Waals surface area contributed by atoms with E-state index in [2.05, 4.69) is 10.6 Å². The predicted molar refractivity (Wildman–Crippen MR) is 197 cm³/mol. The van der Waals surface area contributed by atoms with Crippen LogP contribution in [-0.2, 0) is 43.0 Å². The second kappa shape index (κ2) is 13.6. The molecule has 4 saturated heterocycles. The molecular weight excluding hydrogens is 684 g/mol. The Labute approximate surface area is 317 Å². The summed E-state index contributed by atoms with van der Waals surface area (Å²) in [5.41, 5.74) is -5.30. The maximum Gasteiger partial charge on any atom is 0.568 e. The van der Waals surface area contributed by atoms with Gasteiger partial charge in [-0.2, -0.15) is 10.1 Å². The molecule has 0 saturated carbocycles. The van der Waals surface area contributed by atoms with Crippen LogP contribution >= 0.6 is 0 Å². The first kappa shape index (κ1) is 43.8. The molecule has 5 atom stereocenters. The van der Waals surface area contributed by atoms with E-state index in [1.165, 1.54) is 7.11 Å². The first-order chi connectivity index (χ1) is 23.7. The topological polar surface area (TPSA) is 157 Å². The Morgan fingerprint density at radius 2 is 0.943 bits per heavy atom. The Bertz CT molecular complexity index is 1370. The van der Waals surface area contributed by atoms with Gasteiger partial charge in [-0.3, -0.25) is 14.4 Å². The standard InChI is InChI=1S/C39H70N4O10/c1-31(2)19-23(35(9,10)40-31)27(44)50-39(51-28(45)24-20-32(3,4)41-36(24,11)12,52-29(46)25-21-33(5,6)42(48-17)37(25,13)14)53-30(47)26-22-34(7,8)43(49-18)38(26,15)16/h23-26,29,40-41,46H,19-22H2,1-18H3. The van der Waals surface area contributed by atoms with Crippen LogP contribution in [0.4, 0.5) is 0 Å². The molecule has 0 aromatic rings. The molecule has 4 rings (SSSR count). The molecule has 0 aliphatic carbocycles. The molecule has 4 fully saturated rings. The summed E-state index contributed by atoms with van der Waals surface area (Å²) in [5, 5.41) is 22.6. The number of aliphatic hydroxyl groups is 1. The van der Waals surface area contributed by atoms with Gasteiger partial charge in [-0.15, -0.1) is 0 Å². The number of nitrogens with zero attached hydrogens (tertiary/aromatic N) is 2. The summed E-state index contributed by atoms with van der Waals surface area (Å²) in [6, 6.07) is 0. The van der Waals surface area contributed by atoms with Gasteiger partial charge in [0.15, 0.2) is 6.29 Å². The molecule has 0 bridgehead atoms. The largest absolute Gasteiger partial charge is 0.568 e. The average molecular weight is 755 g/mol. The molecule has 53 heavy (non-hydrogen) atoms. The van der Waals surface area contributed by atoms with Crippen LogP contribution in [-0.4, -0.2) is 104 Å². The van der Waals surface area contributed by atoms with Crippen LogP contribution < -0.4 is 10.6 Å². The second-order valence-electron chi connectivity index (χ2n) is 20.7. The van der Waals surface area contributed by atoms with Crippen molar-refractivity contribution in [1.82, 2.24) is 20.8 Å². The minimum atomic E-state index is -3.10. The van der Waals surface area contributed by atoms with Crippen LogP contribution in [0.2, 0.25) is 0 Å². The van der Waals surface area contributed by atoms with E-state index in [0.29, 0.717) is 25.7 Å². The zero-order chi connectivity index (χ0) is 40.8. The number of carbonyl (C=O) groups is 3. The third-order valence-corrected chi connectivity index (χ3v) is 12.3. The average Bonchev–Trinajstić information content (AvgIpc) is 3.48. The number of hydrogen-bond donors (Lipinski definition) is 3. The fraction of sp³-hybridized carbons (Fsp3) is 0.923. The number of hydroxylamine groups is 4. The summed E-state index contributed by atoms with van der Waals surface area (Å²) in [4.78, 5) is 55.1. The van der Waals surface area contributed by atoms with Crippen molar-refractivity contribution >= 4 is 17.9 Å². The molecule has 0 amide bonds. The number of esters is 3. The Balaban J connectivity index is 1.86. The first-order valence-corrected chi connectivity index (χ1v) is 19.0. The van der Waals surface area contributed by atoms with Crippen molar-refractivity contribution in [3.63, 3.8) is 0 Å². The SMILES string of the molecule is CON1C(C)(C)CC(C(=O)OC(OC(=O)C2CC(C)(C)NC2(C)C)(OC(=O)C2CC(C)(C)NC2(C)C)OC(O)C2CC(C)(C)N(OC)C2(C)C)C1(C)C. The number of rotatable bonds is 11. The van der Waals surface area contributed by atoms with E-state index >= 15 is 0 Å². The maximum absolute atomic E-state index is 14.6. The second-order valence-corrected chi connectivity index (χ2v) is 20.7. The van der Waals surface area contributed by atoms with Crippen molar-refractivity contribution in [3.8, 4) is 0 Å². The molecule has 0 spiro atoms. The van der Waals surface area contributed by atoms with Crippen molar-refractivity contribution in [1.29, 1.82) is 0 Å². The summed E-state index contributed by atoms with van der Waals surface area (Å²) in [6.45, 7) is 30.7. The molecule has 4 aliphatic heterocycles. The minimum absolute atomic E-state index is 0.293. The molecule has 3 N–H and O–H groups in total. The van der Waals surface area contributed by atoms with Crippen molar-refractivity contribution in [2.75, 3.05) is 14.2 Å². The van der Waals surface area contributed by atoms with Gasteiger partial charge in [0.25, 0.3) is 0 Å². The lowest BCUT2D eigenvalue weighted by molar-refractivity contribution is -0.482. The number of nitrogens with one attached hydrogen (secondary N) is 2. The Hall–Kier alpha value is -1.91. The zero-order valence-corrected chi connectivity index (χ0v) is 35.7. The third kappa shape index (κ3) is 8.31. The van der Waals surface area contributed by atoms with E-state index in [1.54, 1.807) is 17.2 Å². The van der Waals surface area contributed by atoms with Crippen molar-refractivity contribution in [2.24, 2.45) is 23.7 Å². The Morgan fingerprint density at radius 3 is 1.26 bits per heavy atom. The molecule has 306 valence electrons. The molecule has 14 nitrogen and oxygen atoms in total. The van der Waals surface area contributed by atoms with E-state index in [0.717, 1.165) is 0 Å². The van der Waals surface area contributed by atoms with Gasteiger partial charge in [0.05, 0.1) is 37.5 Å². The third-order valence-electron chi connectivity index (χ3n) is 12.3. The predicted octanol–water partition coefficient (Wildman–Crippen LogP) is 4.78. The van der Waals surface area contributed by atoms with E-state index < -0.39 is 98.3 Å². The lowest BCUT2D eigenvalue weighted by Crippen LogP contribution is -2.57. The molecule has 4 aliphatic rings. The Morgan fingerprint density at radius 1 is 0.585 bits per heavy atom. The van der Waals surface area contributed by atoms with Gasteiger partial charge in [0.2, 0.25) is 0 Å². The fourth-order valence-corrected chi connectivity index (χ4v) is 10.6. The monoisotopic (exact) mass is 755 g/mol. The summed E-state index contributed by atoms with van der Waals surface area (Å²) in [7, 11) is 3.09. The van der Waals surface area contributed by atoms with Gasteiger partial charge in [0.1, 0.15) is 0 Å². The van der Waals surface area contributed by atoms with Crippen molar-refractivity contribution < 1.29 is 48.1 Å². The van der Waals surface area contributed by atoms with Gasteiger partial charge in [0, 0.05) is 44.7 Å². The van der Waals surface area contributed by atoms with E-state index in [-0.39, 0.29) is 0 Å². The lowest BCUT2D eigenvalue weighted by atomic mass is 9.86. The molecule has 0 aromatic carbocycles. The van der Waals surface area contributed by atoms with Crippen LogP contribution in [0.5, 0.6) is 0 Å². The molecule has 14 heteroatoms. The van der Waals surface area contributed by atoms with Crippen LogP contribution in [0.1, 0.15) is 136 Å².